The van der Waals surface area contributed by atoms with Gasteiger partial charge in [-0.2, -0.15) is 4.73 Å². The van der Waals surface area contributed by atoms with E-state index < -0.39 is 22.7 Å². The summed E-state index contributed by atoms with van der Waals surface area (Å²) in [5.41, 5.74) is -0.421. The topological polar surface area (TPSA) is 120 Å². The number of carbonyl (C=O) groups excluding carboxylic acids is 1. The smallest absolute Gasteiger partial charge is 0.297 e. The largest absolute Gasteiger partial charge is 0.508 e. The third kappa shape index (κ3) is 4.69. The molecule has 0 bridgehead atoms. The standard InChI is InChI=1S/C21H23NO6/c1-3-14(12-23)10-13(2)4-9-18(25)19-20(26)17(11-22(28)21(19)27)15-5-7-16(24)8-6-15/h4-11,14,23-24,26,28H,3,12H2,1-2H3/b9-4+,13-10+/t14-/m1/s1. The van der Waals surface area contributed by atoms with Crippen molar-refractivity contribution in [1.29, 1.82) is 0 Å². The molecule has 0 spiro atoms. The van der Waals surface area contributed by atoms with E-state index in [1.54, 1.807) is 13.0 Å². The lowest BCUT2D eigenvalue weighted by molar-refractivity contribution is 0.103. The fourth-order valence-corrected chi connectivity index (χ4v) is 2.68. The zero-order chi connectivity index (χ0) is 20.8. The molecular weight excluding hydrogens is 362 g/mol. The second-order valence-corrected chi connectivity index (χ2v) is 6.42. The molecule has 148 valence electrons. The van der Waals surface area contributed by atoms with Crippen LogP contribution in [-0.4, -0.2) is 37.6 Å². The van der Waals surface area contributed by atoms with E-state index in [0.29, 0.717) is 11.1 Å². The van der Waals surface area contributed by atoms with Crippen molar-refractivity contribution in [2.75, 3.05) is 6.61 Å². The molecule has 0 fully saturated rings. The number of hydrogen-bond acceptors (Lipinski definition) is 6. The summed E-state index contributed by atoms with van der Waals surface area (Å²) in [5.74, 6) is -1.36. The number of allylic oxidation sites excluding steroid dienone is 3. The molecule has 0 aliphatic heterocycles. The van der Waals surface area contributed by atoms with Crippen LogP contribution in [0.2, 0.25) is 0 Å². The Kier molecular flexibility index (Phi) is 6.79. The van der Waals surface area contributed by atoms with Gasteiger partial charge in [-0.05, 0) is 37.1 Å². The maximum Gasteiger partial charge on any atom is 0.297 e. The summed E-state index contributed by atoms with van der Waals surface area (Å²) in [6.07, 6.45) is 6.16. The van der Waals surface area contributed by atoms with Gasteiger partial charge in [0.1, 0.15) is 17.1 Å². The van der Waals surface area contributed by atoms with Crippen LogP contribution in [0.25, 0.3) is 11.1 Å². The normalized spacial score (nSPS) is 13.0. The lowest BCUT2D eigenvalue weighted by Crippen LogP contribution is -2.24. The lowest BCUT2D eigenvalue weighted by atomic mass is 10.0. The zero-order valence-corrected chi connectivity index (χ0v) is 15.7. The summed E-state index contributed by atoms with van der Waals surface area (Å²) in [7, 11) is 0. The first kappa shape index (κ1) is 21.0. The number of rotatable bonds is 7. The van der Waals surface area contributed by atoms with Gasteiger partial charge >= 0.3 is 0 Å². The molecule has 4 N–H and O–H groups in total. The molecule has 1 atom stereocenters. The van der Waals surface area contributed by atoms with E-state index in [4.69, 9.17) is 0 Å². The molecule has 0 amide bonds. The van der Waals surface area contributed by atoms with Crippen LogP contribution in [0.3, 0.4) is 0 Å². The van der Waals surface area contributed by atoms with E-state index in [2.05, 4.69) is 0 Å². The van der Waals surface area contributed by atoms with Gasteiger partial charge < -0.3 is 20.5 Å². The van der Waals surface area contributed by atoms with Crippen molar-refractivity contribution in [3.63, 3.8) is 0 Å². The number of benzene rings is 1. The van der Waals surface area contributed by atoms with Gasteiger partial charge in [0.15, 0.2) is 5.78 Å². The Hall–Kier alpha value is -3.32. The van der Waals surface area contributed by atoms with E-state index in [1.165, 1.54) is 30.3 Å². The van der Waals surface area contributed by atoms with E-state index in [9.17, 15) is 30.1 Å². The number of aromatic hydroxyl groups is 2. The van der Waals surface area contributed by atoms with Crippen LogP contribution in [0.4, 0.5) is 0 Å². The zero-order valence-electron chi connectivity index (χ0n) is 15.7. The fourth-order valence-electron chi connectivity index (χ4n) is 2.68. The van der Waals surface area contributed by atoms with E-state index >= 15 is 0 Å². The van der Waals surface area contributed by atoms with Crippen LogP contribution in [-0.2, 0) is 0 Å². The van der Waals surface area contributed by atoms with Crippen LogP contribution in [0.1, 0.15) is 30.6 Å². The number of pyridine rings is 1. The highest BCUT2D eigenvalue weighted by molar-refractivity contribution is 6.07. The Morgan fingerprint density at radius 2 is 1.82 bits per heavy atom. The number of aliphatic hydroxyl groups is 1. The van der Waals surface area contributed by atoms with Gasteiger partial charge in [0.25, 0.3) is 5.56 Å². The Morgan fingerprint density at radius 1 is 1.18 bits per heavy atom. The van der Waals surface area contributed by atoms with Crippen LogP contribution in [0.15, 0.2) is 59.1 Å². The predicted molar refractivity (Wildman–Crippen MR) is 105 cm³/mol. The van der Waals surface area contributed by atoms with Crippen molar-refractivity contribution in [3.05, 3.63) is 70.2 Å². The fraction of sp³-hybridized carbons (Fsp3) is 0.238. The third-order valence-corrected chi connectivity index (χ3v) is 4.35. The molecule has 2 aromatic rings. The number of nitrogens with zero attached hydrogens (tertiary/aromatic N) is 1. The monoisotopic (exact) mass is 385 g/mol. The van der Waals surface area contributed by atoms with Crippen molar-refractivity contribution >= 4 is 5.78 Å². The third-order valence-electron chi connectivity index (χ3n) is 4.35. The van der Waals surface area contributed by atoms with Crippen LogP contribution in [0.5, 0.6) is 11.5 Å². The second-order valence-electron chi connectivity index (χ2n) is 6.42. The van der Waals surface area contributed by atoms with Crippen molar-refractivity contribution in [2.24, 2.45) is 5.92 Å². The molecule has 1 heterocycles. The van der Waals surface area contributed by atoms with E-state index in [0.717, 1.165) is 18.7 Å². The molecule has 0 saturated heterocycles. The summed E-state index contributed by atoms with van der Waals surface area (Å²) >= 11 is 0. The van der Waals surface area contributed by atoms with E-state index in [-0.39, 0.29) is 28.6 Å². The Balaban J connectivity index is 2.45. The van der Waals surface area contributed by atoms with Crippen molar-refractivity contribution in [3.8, 4) is 22.6 Å². The summed E-state index contributed by atoms with van der Waals surface area (Å²) in [5, 5.41) is 39.0. The molecule has 0 radical (unpaired) electrons. The Morgan fingerprint density at radius 3 is 2.39 bits per heavy atom. The SMILES string of the molecule is CC[C@H](/C=C(C)/C=C/C(=O)c1c(O)c(-c2ccc(O)cc2)cn(O)c1=O)CO. The molecule has 0 aliphatic carbocycles. The van der Waals surface area contributed by atoms with Crippen molar-refractivity contribution in [1.82, 2.24) is 4.73 Å². The summed E-state index contributed by atoms with van der Waals surface area (Å²) in [4.78, 5) is 24.7. The minimum absolute atomic E-state index is 0.00955. The van der Waals surface area contributed by atoms with Gasteiger partial charge in [-0.3, -0.25) is 9.59 Å². The minimum atomic E-state index is -1.04. The minimum Gasteiger partial charge on any atom is -0.508 e. The Labute approximate surface area is 162 Å². The van der Waals surface area contributed by atoms with Gasteiger partial charge in [0, 0.05) is 18.1 Å². The van der Waals surface area contributed by atoms with Crippen molar-refractivity contribution < 1.29 is 25.3 Å². The van der Waals surface area contributed by atoms with Gasteiger partial charge in [-0.15, -0.1) is 0 Å². The number of aromatic nitrogens is 1. The van der Waals surface area contributed by atoms with Crippen LogP contribution >= 0.6 is 0 Å². The van der Waals surface area contributed by atoms with Gasteiger partial charge in [-0.1, -0.05) is 36.8 Å². The highest BCUT2D eigenvalue weighted by atomic mass is 16.5. The maximum atomic E-state index is 12.5. The number of phenols is 1. The first-order valence-corrected chi connectivity index (χ1v) is 8.77. The molecule has 1 aromatic heterocycles. The predicted octanol–water partition coefficient (Wildman–Crippen LogP) is 2.87. The number of carbonyl (C=O) groups is 1. The summed E-state index contributed by atoms with van der Waals surface area (Å²) in [6.45, 7) is 3.66. The summed E-state index contributed by atoms with van der Waals surface area (Å²) in [6, 6.07) is 5.71. The number of hydrogen-bond donors (Lipinski definition) is 4. The average Bonchev–Trinajstić information content (AvgIpc) is 2.68. The van der Waals surface area contributed by atoms with Gasteiger partial charge in [-0.25, -0.2) is 0 Å². The molecule has 28 heavy (non-hydrogen) atoms. The highest BCUT2D eigenvalue weighted by Gasteiger charge is 2.21. The number of ketones is 1. The second kappa shape index (κ2) is 9.05. The molecule has 7 nitrogen and oxygen atoms in total. The van der Waals surface area contributed by atoms with Gasteiger partial charge in [0.2, 0.25) is 0 Å². The molecule has 0 aliphatic rings. The van der Waals surface area contributed by atoms with Crippen molar-refractivity contribution in [2.45, 2.75) is 20.3 Å². The first-order valence-electron chi connectivity index (χ1n) is 8.77. The molecule has 7 heteroatoms. The molecular formula is C21H23NO6. The number of aliphatic hydroxyl groups excluding tert-OH is 1. The summed E-state index contributed by atoms with van der Waals surface area (Å²) < 4.78 is 0.241. The number of phenolic OH excluding ortho intramolecular Hbond substituents is 1. The van der Waals surface area contributed by atoms with E-state index in [1.807, 2.05) is 6.92 Å². The quantitative estimate of drug-likeness (QED) is 0.252. The average molecular weight is 385 g/mol. The first-order chi connectivity index (χ1) is 13.3. The highest BCUT2D eigenvalue weighted by Crippen LogP contribution is 2.31. The Bertz CT molecular complexity index is 966. The lowest BCUT2D eigenvalue weighted by Gasteiger charge is -2.10. The molecule has 1 aromatic carbocycles. The maximum absolute atomic E-state index is 12.5. The molecule has 0 saturated carbocycles. The van der Waals surface area contributed by atoms with Crippen LogP contribution in [0, 0.1) is 5.92 Å². The van der Waals surface area contributed by atoms with Gasteiger partial charge in [0.05, 0.1) is 6.20 Å². The molecule has 0 unspecified atom stereocenters. The van der Waals surface area contributed by atoms with Crippen LogP contribution < -0.4 is 5.56 Å². The molecule has 2 rings (SSSR count).